The van der Waals surface area contributed by atoms with E-state index in [1.54, 1.807) is 0 Å². The first-order valence-corrected chi connectivity index (χ1v) is 9.48. The van der Waals surface area contributed by atoms with E-state index in [1.807, 2.05) is 24.3 Å². The molecule has 0 radical (unpaired) electrons. The van der Waals surface area contributed by atoms with Crippen molar-refractivity contribution in [2.45, 2.75) is 51.6 Å². The highest BCUT2D eigenvalue weighted by Crippen LogP contribution is 2.27. The van der Waals surface area contributed by atoms with E-state index in [1.165, 1.54) is 32.4 Å². The van der Waals surface area contributed by atoms with Crippen LogP contribution in [0.15, 0.2) is 24.3 Å². The number of para-hydroxylation sites is 1. The quantitative estimate of drug-likeness (QED) is 0.778. The Bertz CT molecular complexity index is 542. The molecule has 1 aromatic carbocycles. The molecule has 4 heteroatoms. The minimum absolute atomic E-state index is 0.0167. The number of nitrogens with one attached hydrogen (secondary N) is 1. The molecule has 1 saturated carbocycles. The highest BCUT2D eigenvalue weighted by molar-refractivity contribution is 5.96. The topological polar surface area (TPSA) is 41.6 Å². The zero-order valence-corrected chi connectivity index (χ0v) is 14.8. The van der Waals surface area contributed by atoms with E-state index in [9.17, 15) is 4.79 Å². The Hall–Kier alpha value is -1.55. The van der Waals surface area contributed by atoms with Gasteiger partial charge < -0.3 is 15.0 Å². The van der Waals surface area contributed by atoms with Crippen molar-refractivity contribution in [3.05, 3.63) is 29.8 Å². The van der Waals surface area contributed by atoms with Crippen LogP contribution in [0.25, 0.3) is 0 Å². The molecule has 1 aromatic rings. The predicted molar refractivity (Wildman–Crippen MR) is 96.5 cm³/mol. The molecule has 1 atom stereocenters. The van der Waals surface area contributed by atoms with Crippen LogP contribution in [0.2, 0.25) is 0 Å². The maximum atomic E-state index is 12.5. The number of likely N-dealkylation sites (tertiary alicyclic amines) is 1. The normalized spacial score (nSPS) is 22.0. The molecule has 1 amide bonds. The van der Waals surface area contributed by atoms with Gasteiger partial charge in [-0.2, -0.15) is 0 Å². The first-order valence-electron chi connectivity index (χ1n) is 9.48. The third kappa shape index (κ3) is 4.73. The molecule has 24 heavy (non-hydrogen) atoms. The second-order valence-corrected chi connectivity index (χ2v) is 7.32. The lowest BCUT2D eigenvalue weighted by Gasteiger charge is -2.30. The third-order valence-electron chi connectivity index (χ3n) is 5.16. The van der Waals surface area contributed by atoms with Gasteiger partial charge >= 0.3 is 0 Å². The van der Waals surface area contributed by atoms with Crippen LogP contribution in [-0.2, 0) is 0 Å². The zero-order chi connectivity index (χ0) is 16.8. The lowest BCUT2D eigenvalue weighted by molar-refractivity contribution is 0.0925. The van der Waals surface area contributed by atoms with Gasteiger partial charge in [-0.25, -0.2) is 0 Å². The second kappa shape index (κ2) is 8.52. The number of piperidine rings is 1. The van der Waals surface area contributed by atoms with E-state index in [0.717, 1.165) is 44.0 Å². The summed E-state index contributed by atoms with van der Waals surface area (Å²) in [6, 6.07) is 7.60. The molecule has 132 valence electrons. The summed E-state index contributed by atoms with van der Waals surface area (Å²) in [7, 11) is 0. The minimum atomic E-state index is -0.0167. The lowest BCUT2D eigenvalue weighted by atomic mass is 9.96. The monoisotopic (exact) mass is 330 g/mol. The number of rotatable bonds is 7. The summed E-state index contributed by atoms with van der Waals surface area (Å²) in [5.74, 6) is 1.52. The molecule has 2 aliphatic rings. The third-order valence-corrected chi connectivity index (χ3v) is 5.16. The fourth-order valence-electron chi connectivity index (χ4n) is 3.51. The molecular formula is C20H30N2O2. The largest absolute Gasteiger partial charge is 0.490 e. The Morgan fingerprint density at radius 2 is 2.08 bits per heavy atom. The molecule has 1 unspecified atom stereocenters. The highest BCUT2D eigenvalue weighted by atomic mass is 16.5. The van der Waals surface area contributed by atoms with Gasteiger partial charge in [-0.15, -0.1) is 0 Å². The number of hydrogen-bond acceptors (Lipinski definition) is 3. The van der Waals surface area contributed by atoms with Crippen molar-refractivity contribution in [3.63, 3.8) is 0 Å². The molecule has 0 bridgehead atoms. The second-order valence-electron chi connectivity index (χ2n) is 7.32. The standard InChI is InChI=1S/C20H30N2O2/c1-16-7-5-13-22(15-16)14-6-12-21-20(23)18-10-2-3-11-19(18)24-17-8-4-9-17/h2-3,10-11,16-17H,4-9,12-15H2,1H3,(H,21,23). The van der Waals surface area contributed by atoms with Gasteiger partial charge in [0.15, 0.2) is 0 Å². The maximum absolute atomic E-state index is 12.5. The predicted octanol–water partition coefficient (Wildman–Crippen LogP) is 3.47. The van der Waals surface area contributed by atoms with Gasteiger partial charge in [0.1, 0.15) is 5.75 Å². The smallest absolute Gasteiger partial charge is 0.255 e. The number of benzene rings is 1. The SMILES string of the molecule is CC1CCCN(CCCNC(=O)c2ccccc2OC2CCC2)C1. The Balaban J connectivity index is 1.43. The van der Waals surface area contributed by atoms with Crippen LogP contribution in [0.5, 0.6) is 5.75 Å². The summed E-state index contributed by atoms with van der Waals surface area (Å²) in [4.78, 5) is 15.0. The number of carbonyl (C=O) groups excluding carboxylic acids is 1. The molecule has 2 fully saturated rings. The van der Waals surface area contributed by atoms with Gasteiger partial charge in [-0.05, 0) is 69.7 Å². The molecule has 1 saturated heterocycles. The van der Waals surface area contributed by atoms with Crippen LogP contribution in [-0.4, -0.2) is 43.1 Å². The summed E-state index contributed by atoms with van der Waals surface area (Å²) >= 11 is 0. The number of amides is 1. The number of carbonyl (C=O) groups is 1. The van der Waals surface area contributed by atoms with Gasteiger partial charge in [0, 0.05) is 13.1 Å². The van der Waals surface area contributed by atoms with Crippen LogP contribution in [0, 0.1) is 5.92 Å². The van der Waals surface area contributed by atoms with E-state index in [-0.39, 0.29) is 5.91 Å². The van der Waals surface area contributed by atoms with E-state index >= 15 is 0 Å². The fraction of sp³-hybridized carbons (Fsp3) is 0.650. The molecule has 0 spiro atoms. The van der Waals surface area contributed by atoms with E-state index in [2.05, 4.69) is 17.1 Å². The van der Waals surface area contributed by atoms with Crippen LogP contribution in [0.3, 0.4) is 0 Å². The van der Waals surface area contributed by atoms with Gasteiger partial charge in [0.25, 0.3) is 5.91 Å². The van der Waals surface area contributed by atoms with Gasteiger partial charge in [-0.3, -0.25) is 4.79 Å². The van der Waals surface area contributed by atoms with Crippen molar-refractivity contribution < 1.29 is 9.53 Å². The molecule has 0 aromatic heterocycles. The van der Waals surface area contributed by atoms with Gasteiger partial charge in [-0.1, -0.05) is 19.1 Å². The van der Waals surface area contributed by atoms with Crippen molar-refractivity contribution in [1.29, 1.82) is 0 Å². The fourth-order valence-corrected chi connectivity index (χ4v) is 3.51. The zero-order valence-electron chi connectivity index (χ0n) is 14.8. The Kier molecular flexibility index (Phi) is 6.13. The first kappa shape index (κ1) is 17.3. The average Bonchev–Trinajstić information content (AvgIpc) is 2.55. The molecule has 1 aliphatic carbocycles. The van der Waals surface area contributed by atoms with Gasteiger partial charge in [0.2, 0.25) is 0 Å². The molecule has 1 heterocycles. The molecule has 1 N–H and O–H groups in total. The maximum Gasteiger partial charge on any atom is 0.255 e. The van der Waals surface area contributed by atoms with Crippen molar-refractivity contribution >= 4 is 5.91 Å². The average molecular weight is 330 g/mol. The number of ether oxygens (including phenoxy) is 1. The molecule has 4 nitrogen and oxygen atoms in total. The van der Waals surface area contributed by atoms with E-state index in [0.29, 0.717) is 11.7 Å². The van der Waals surface area contributed by atoms with Crippen molar-refractivity contribution in [3.8, 4) is 5.75 Å². The minimum Gasteiger partial charge on any atom is -0.490 e. The summed E-state index contributed by atoms with van der Waals surface area (Å²) in [5, 5.41) is 3.05. The Labute approximate surface area is 145 Å². The van der Waals surface area contributed by atoms with E-state index < -0.39 is 0 Å². The van der Waals surface area contributed by atoms with Crippen LogP contribution in [0.4, 0.5) is 0 Å². The van der Waals surface area contributed by atoms with E-state index in [4.69, 9.17) is 4.74 Å². The molecule has 1 aliphatic heterocycles. The summed E-state index contributed by atoms with van der Waals surface area (Å²) in [5.41, 5.74) is 0.663. The van der Waals surface area contributed by atoms with Crippen molar-refractivity contribution in [1.82, 2.24) is 10.2 Å². The van der Waals surface area contributed by atoms with Gasteiger partial charge in [0.05, 0.1) is 11.7 Å². The molecule has 3 rings (SSSR count). The Morgan fingerprint density at radius 3 is 2.83 bits per heavy atom. The van der Waals surface area contributed by atoms with Crippen molar-refractivity contribution in [2.24, 2.45) is 5.92 Å². The van der Waals surface area contributed by atoms with Crippen LogP contribution >= 0.6 is 0 Å². The van der Waals surface area contributed by atoms with Crippen molar-refractivity contribution in [2.75, 3.05) is 26.2 Å². The number of hydrogen-bond donors (Lipinski definition) is 1. The Morgan fingerprint density at radius 1 is 1.25 bits per heavy atom. The first-order chi connectivity index (χ1) is 11.7. The lowest BCUT2D eigenvalue weighted by Crippen LogP contribution is -2.36. The summed E-state index contributed by atoms with van der Waals surface area (Å²) < 4.78 is 5.95. The summed E-state index contributed by atoms with van der Waals surface area (Å²) in [6.07, 6.45) is 7.39. The molecular weight excluding hydrogens is 300 g/mol. The van der Waals surface area contributed by atoms with Crippen LogP contribution in [0.1, 0.15) is 55.8 Å². The van der Waals surface area contributed by atoms with Crippen LogP contribution < -0.4 is 10.1 Å². The summed E-state index contributed by atoms with van der Waals surface area (Å²) in [6.45, 7) is 6.53. The number of nitrogens with zero attached hydrogens (tertiary/aromatic N) is 1. The highest BCUT2D eigenvalue weighted by Gasteiger charge is 2.22.